The Balaban J connectivity index is 2.79. The highest BCUT2D eigenvalue weighted by Gasteiger charge is 2.14. The molecular formula is C14H22N2O2. The summed E-state index contributed by atoms with van der Waals surface area (Å²) in [7, 11) is 1.60. The van der Waals surface area contributed by atoms with E-state index in [-0.39, 0.29) is 5.91 Å². The van der Waals surface area contributed by atoms with Gasteiger partial charge in [-0.25, -0.2) is 0 Å². The highest BCUT2D eigenvalue weighted by atomic mass is 16.5. The van der Waals surface area contributed by atoms with E-state index in [0.717, 1.165) is 19.4 Å². The number of methoxy groups -OCH3 is 1. The Labute approximate surface area is 109 Å². The lowest BCUT2D eigenvalue weighted by Crippen LogP contribution is -2.36. The molecule has 0 bridgehead atoms. The molecule has 100 valence electrons. The third kappa shape index (κ3) is 4.04. The molecule has 1 aromatic rings. The Hall–Kier alpha value is -1.55. The molecule has 18 heavy (non-hydrogen) atoms. The number of unbranched alkanes of at least 4 members (excludes halogenated alkanes) is 1. The first kappa shape index (κ1) is 14.5. The van der Waals surface area contributed by atoms with E-state index in [0.29, 0.717) is 24.4 Å². The molecule has 1 rings (SSSR count). The van der Waals surface area contributed by atoms with Crippen molar-refractivity contribution in [2.75, 3.05) is 26.7 Å². The summed E-state index contributed by atoms with van der Waals surface area (Å²) in [4.78, 5) is 14.1. The molecule has 2 N–H and O–H groups in total. The Morgan fingerprint density at radius 2 is 2.17 bits per heavy atom. The van der Waals surface area contributed by atoms with Gasteiger partial charge in [-0.15, -0.1) is 0 Å². The minimum Gasteiger partial charge on any atom is -0.497 e. The highest BCUT2D eigenvalue weighted by molar-refractivity contribution is 5.94. The van der Waals surface area contributed by atoms with Crippen molar-refractivity contribution in [1.29, 1.82) is 0 Å². The average Bonchev–Trinajstić information content (AvgIpc) is 2.42. The number of nitrogens with zero attached hydrogens (tertiary/aromatic N) is 1. The van der Waals surface area contributed by atoms with Gasteiger partial charge in [0.15, 0.2) is 0 Å². The maximum absolute atomic E-state index is 12.3. The second-order valence-corrected chi connectivity index (χ2v) is 4.17. The summed E-state index contributed by atoms with van der Waals surface area (Å²) in [5.41, 5.74) is 6.21. The van der Waals surface area contributed by atoms with Crippen LogP contribution in [0.1, 0.15) is 30.1 Å². The molecule has 0 heterocycles. The molecular weight excluding hydrogens is 228 g/mol. The van der Waals surface area contributed by atoms with E-state index < -0.39 is 0 Å². The second kappa shape index (κ2) is 7.71. The lowest BCUT2D eigenvalue weighted by Gasteiger charge is -2.22. The molecule has 0 spiro atoms. The van der Waals surface area contributed by atoms with E-state index in [1.54, 1.807) is 24.1 Å². The molecule has 4 heteroatoms. The van der Waals surface area contributed by atoms with Crippen LogP contribution in [-0.4, -0.2) is 37.6 Å². The number of ether oxygens (including phenoxy) is 1. The van der Waals surface area contributed by atoms with Gasteiger partial charge < -0.3 is 15.4 Å². The lowest BCUT2D eigenvalue weighted by atomic mass is 10.1. The number of amides is 1. The molecule has 1 amide bonds. The van der Waals surface area contributed by atoms with Gasteiger partial charge in [-0.05, 0) is 24.6 Å². The minimum atomic E-state index is 0.0211. The first-order chi connectivity index (χ1) is 8.72. The Morgan fingerprint density at radius 3 is 2.78 bits per heavy atom. The molecule has 0 aliphatic heterocycles. The first-order valence-corrected chi connectivity index (χ1v) is 6.36. The van der Waals surface area contributed by atoms with E-state index in [1.165, 1.54) is 0 Å². The van der Waals surface area contributed by atoms with E-state index in [4.69, 9.17) is 10.5 Å². The van der Waals surface area contributed by atoms with E-state index in [1.807, 2.05) is 12.1 Å². The molecule has 4 nitrogen and oxygen atoms in total. The summed E-state index contributed by atoms with van der Waals surface area (Å²) in [6.07, 6.45) is 2.06. The van der Waals surface area contributed by atoms with Crippen LogP contribution >= 0.6 is 0 Å². The van der Waals surface area contributed by atoms with E-state index >= 15 is 0 Å². The zero-order valence-electron chi connectivity index (χ0n) is 11.2. The predicted molar refractivity (Wildman–Crippen MR) is 72.9 cm³/mol. The number of nitrogens with two attached hydrogens (primary N) is 1. The van der Waals surface area contributed by atoms with Crippen LogP contribution in [0.4, 0.5) is 0 Å². The minimum absolute atomic E-state index is 0.0211. The molecule has 1 aromatic carbocycles. The number of benzene rings is 1. The smallest absolute Gasteiger partial charge is 0.254 e. The fourth-order valence-electron chi connectivity index (χ4n) is 1.76. The lowest BCUT2D eigenvalue weighted by molar-refractivity contribution is 0.0758. The summed E-state index contributed by atoms with van der Waals surface area (Å²) in [6, 6.07) is 7.22. The van der Waals surface area contributed by atoms with E-state index in [9.17, 15) is 4.79 Å². The zero-order chi connectivity index (χ0) is 13.4. The maximum atomic E-state index is 12.3. The molecule has 0 aromatic heterocycles. The fourth-order valence-corrected chi connectivity index (χ4v) is 1.76. The van der Waals surface area contributed by atoms with Crippen molar-refractivity contribution in [3.8, 4) is 5.75 Å². The van der Waals surface area contributed by atoms with Gasteiger partial charge in [-0.1, -0.05) is 19.4 Å². The predicted octanol–water partition coefficient (Wildman–Crippen LogP) is 1.90. The Morgan fingerprint density at radius 1 is 1.39 bits per heavy atom. The zero-order valence-corrected chi connectivity index (χ0v) is 11.2. The van der Waals surface area contributed by atoms with Crippen LogP contribution < -0.4 is 10.5 Å². The van der Waals surface area contributed by atoms with Gasteiger partial charge in [0.05, 0.1) is 7.11 Å². The quantitative estimate of drug-likeness (QED) is 0.804. The van der Waals surface area contributed by atoms with Gasteiger partial charge in [0.25, 0.3) is 5.91 Å². The molecule has 0 aliphatic rings. The third-order valence-electron chi connectivity index (χ3n) is 2.78. The van der Waals surface area contributed by atoms with Crippen molar-refractivity contribution < 1.29 is 9.53 Å². The van der Waals surface area contributed by atoms with Gasteiger partial charge in [-0.2, -0.15) is 0 Å². The van der Waals surface area contributed by atoms with Crippen LogP contribution in [-0.2, 0) is 0 Å². The van der Waals surface area contributed by atoms with Crippen LogP contribution in [0.25, 0.3) is 0 Å². The Kier molecular flexibility index (Phi) is 6.22. The number of rotatable bonds is 7. The largest absolute Gasteiger partial charge is 0.497 e. The highest BCUT2D eigenvalue weighted by Crippen LogP contribution is 2.14. The van der Waals surface area contributed by atoms with Crippen molar-refractivity contribution in [2.24, 2.45) is 5.73 Å². The average molecular weight is 250 g/mol. The van der Waals surface area contributed by atoms with Crippen LogP contribution in [0.5, 0.6) is 5.75 Å². The van der Waals surface area contributed by atoms with Gasteiger partial charge >= 0.3 is 0 Å². The van der Waals surface area contributed by atoms with Crippen molar-refractivity contribution in [3.05, 3.63) is 29.8 Å². The molecule has 0 atom stereocenters. The molecule has 0 fully saturated rings. The van der Waals surface area contributed by atoms with Gasteiger partial charge in [0.2, 0.25) is 0 Å². The topological polar surface area (TPSA) is 55.6 Å². The number of carbonyl (C=O) groups excluding carboxylic acids is 1. The van der Waals surface area contributed by atoms with Crippen LogP contribution in [0.2, 0.25) is 0 Å². The summed E-state index contributed by atoms with van der Waals surface area (Å²) < 4.78 is 5.13. The molecule has 0 unspecified atom stereocenters. The van der Waals surface area contributed by atoms with E-state index in [2.05, 4.69) is 6.92 Å². The standard InChI is InChI=1S/C14H22N2O2/c1-3-4-9-16(10-8-15)14(17)12-6-5-7-13(11-12)18-2/h5-7,11H,3-4,8-10,15H2,1-2H3. The first-order valence-electron chi connectivity index (χ1n) is 6.36. The molecule has 0 aliphatic carbocycles. The molecule has 0 saturated carbocycles. The SMILES string of the molecule is CCCCN(CCN)C(=O)c1cccc(OC)c1. The summed E-state index contributed by atoms with van der Waals surface area (Å²) in [5, 5.41) is 0. The molecule has 0 radical (unpaired) electrons. The summed E-state index contributed by atoms with van der Waals surface area (Å²) in [5.74, 6) is 0.719. The summed E-state index contributed by atoms with van der Waals surface area (Å²) >= 11 is 0. The number of carbonyl (C=O) groups is 1. The van der Waals surface area contributed by atoms with Crippen LogP contribution in [0.3, 0.4) is 0 Å². The monoisotopic (exact) mass is 250 g/mol. The van der Waals surface area contributed by atoms with Crippen molar-refractivity contribution in [3.63, 3.8) is 0 Å². The van der Waals surface area contributed by atoms with Gasteiger partial charge in [-0.3, -0.25) is 4.79 Å². The van der Waals surface area contributed by atoms with Crippen molar-refractivity contribution in [1.82, 2.24) is 4.90 Å². The number of hydrogen-bond acceptors (Lipinski definition) is 3. The van der Waals surface area contributed by atoms with Gasteiger partial charge in [0, 0.05) is 25.2 Å². The van der Waals surface area contributed by atoms with Crippen molar-refractivity contribution in [2.45, 2.75) is 19.8 Å². The second-order valence-electron chi connectivity index (χ2n) is 4.17. The fraction of sp³-hybridized carbons (Fsp3) is 0.500. The molecule has 0 saturated heterocycles. The Bertz CT molecular complexity index is 380. The summed E-state index contributed by atoms with van der Waals surface area (Å²) in [6.45, 7) is 3.94. The van der Waals surface area contributed by atoms with Crippen LogP contribution in [0, 0.1) is 0 Å². The normalized spacial score (nSPS) is 10.2. The maximum Gasteiger partial charge on any atom is 0.254 e. The number of hydrogen-bond donors (Lipinski definition) is 1. The van der Waals surface area contributed by atoms with Gasteiger partial charge in [0.1, 0.15) is 5.75 Å². The van der Waals surface area contributed by atoms with Crippen LogP contribution in [0.15, 0.2) is 24.3 Å². The van der Waals surface area contributed by atoms with Crippen molar-refractivity contribution >= 4 is 5.91 Å². The third-order valence-corrected chi connectivity index (χ3v) is 2.78.